The molecule has 0 aliphatic heterocycles. The maximum absolute atomic E-state index is 11.7. The second-order valence-corrected chi connectivity index (χ2v) is 4.69. The number of aromatic nitrogens is 2. The fourth-order valence-electron chi connectivity index (χ4n) is 1.79. The molecule has 2 rings (SSSR count). The van der Waals surface area contributed by atoms with E-state index in [0.29, 0.717) is 5.75 Å². The molecule has 0 radical (unpaired) electrons. The predicted octanol–water partition coefficient (Wildman–Crippen LogP) is 3.33. The molecule has 0 saturated heterocycles. The van der Waals surface area contributed by atoms with Crippen LogP contribution in [0.15, 0.2) is 24.3 Å². The maximum Gasteiger partial charge on any atom is 0.343 e. The van der Waals surface area contributed by atoms with Gasteiger partial charge in [-0.15, -0.1) is 10.2 Å². The zero-order chi connectivity index (χ0) is 14.7. The third-order valence-corrected chi connectivity index (χ3v) is 2.73. The van der Waals surface area contributed by atoms with Gasteiger partial charge in [0.15, 0.2) is 5.15 Å². The standard InChI is InChI=1S/C14H13ClN2O3/c1-8-4-9(2)6-10(5-8)20-13-11(14(18)19-3)7-12(15)16-17-13/h4-7H,1-3H3. The van der Waals surface area contributed by atoms with E-state index in [1.165, 1.54) is 13.2 Å². The molecule has 0 unspecified atom stereocenters. The number of aryl methyl sites for hydroxylation is 2. The van der Waals surface area contributed by atoms with E-state index in [2.05, 4.69) is 14.9 Å². The van der Waals surface area contributed by atoms with Crippen molar-refractivity contribution >= 4 is 17.6 Å². The molecule has 0 fully saturated rings. The second kappa shape index (κ2) is 5.88. The van der Waals surface area contributed by atoms with E-state index in [0.717, 1.165) is 11.1 Å². The summed E-state index contributed by atoms with van der Waals surface area (Å²) in [6.45, 7) is 3.91. The minimum Gasteiger partial charge on any atom is -0.465 e. The number of methoxy groups -OCH3 is 1. The van der Waals surface area contributed by atoms with Gasteiger partial charge >= 0.3 is 5.97 Å². The summed E-state index contributed by atoms with van der Waals surface area (Å²) in [5, 5.41) is 7.57. The quantitative estimate of drug-likeness (QED) is 0.812. The van der Waals surface area contributed by atoms with Crippen LogP contribution in [0.5, 0.6) is 11.6 Å². The first-order valence-electron chi connectivity index (χ1n) is 5.87. The predicted molar refractivity (Wildman–Crippen MR) is 74.4 cm³/mol. The fraction of sp³-hybridized carbons (Fsp3) is 0.214. The fourth-order valence-corrected chi connectivity index (χ4v) is 1.94. The van der Waals surface area contributed by atoms with Gasteiger partial charge in [0.25, 0.3) is 5.88 Å². The second-order valence-electron chi connectivity index (χ2n) is 4.30. The Morgan fingerprint density at radius 2 is 1.75 bits per heavy atom. The first kappa shape index (κ1) is 14.3. The van der Waals surface area contributed by atoms with Crippen molar-refractivity contribution in [1.82, 2.24) is 10.2 Å². The average molecular weight is 293 g/mol. The van der Waals surface area contributed by atoms with Crippen LogP contribution in [0.25, 0.3) is 0 Å². The van der Waals surface area contributed by atoms with Gasteiger partial charge in [0.2, 0.25) is 0 Å². The van der Waals surface area contributed by atoms with Crippen molar-refractivity contribution in [3.05, 3.63) is 46.1 Å². The number of halogens is 1. The number of hydrogen-bond donors (Lipinski definition) is 0. The highest BCUT2D eigenvalue weighted by molar-refractivity contribution is 6.29. The zero-order valence-corrected chi connectivity index (χ0v) is 12.1. The van der Waals surface area contributed by atoms with Gasteiger partial charge in [0.05, 0.1) is 7.11 Å². The molecule has 0 N–H and O–H groups in total. The Labute approximate surface area is 121 Å². The molecule has 0 aliphatic rings. The van der Waals surface area contributed by atoms with Crippen molar-refractivity contribution in [2.24, 2.45) is 0 Å². The van der Waals surface area contributed by atoms with Crippen LogP contribution in [0.3, 0.4) is 0 Å². The van der Waals surface area contributed by atoms with Crippen LogP contribution in [-0.2, 0) is 4.74 Å². The largest absolute Gasteiger partial charge is 0.465 e. The van der Waals surface area contributed by atoms with Crippen molar-refractivity contribution in [3.8, 4) is 11.6 Å². The van der Waals surface area contributed by atoms with Crippen LogP contribution in [0.2, 0.25) is 5.15 Å². The molecule has 0 spiro atoms. The van der Waals surface area contributed by atoms with Crippen LogP contribution in [0, 0.1) is 13.8 Å². The molecule has 5 nitrogen and oxygen atoms in total. The highest BCUT2D eigenvalue weighted by Crippen LogP contribution is 2.26. The van der Waals surface area contributed by atoms with Gasteiger partial charge in [-0.1, -0.05) is 17.7 Å². The maximum atomic E-state index is 11.7. The lowest BCUT2D eigenvalue weighted by Gasteiger charge is -2.09. The van der Waals surface area contributed by atoms with E-state index in [-0.39, 0.29) is 16.6 Å². The van der Waals surface area contributed by atoms with E-state index < -0.39 is 5.97 Å². The number of ether oxygens (including phenoxy) is 2. The summed E-state index contributed by atoms with van der Waals surface area (Å²) in [4.78, 5) is 11.7. The summed E-state index contributed by atoms with van der Waals surface area (Å²) in [7, 11) is 1.28. The third-order valence-electron chi connectivity index (χ3n) is 2.55. The first-order valence-corrected chi connectivity index (χ1v) is 6.25. The van der Waals surface area contributed by atoms with Crippen molar-refractivity contribution in [2.75, 3.05) is 7.11 Å². The Morgan fingerprint density at radius 1 is 1.10 bits per heavy atom. The topological polar surface area (TPSA) is 61.3 Å². The summed E-state index contributed by atoms with van der Waals surface area (Å²) in [6, 6.07) is 7.05. The van der Waals surface area contributed by atoms with Gasteiger partial charge in [-0.05, 0) is 43.2 Å². The highest BCUT2D eigenvalue weighted by atomic mass is 35.5. The van der Waals surface area contributed by atoms with E-state index >= 15 is 0 Å². The summed E-state index contributed by atoms with van der Waals surface area (Å²) >= 11 is 5.73. The van der Waals surface area contributed by atoms with Gasteiger partial charge in [-0.25, -0.2) is 4.79 Å². The van der Waals surface area contributed by atoms with E-state index in [4.69, 9.17) is 16.3 Å². The SMILES string of the molecule is COC(=O)c1cc(Cl)nnc1Oc1cc(C)cc(C)c1. The zero-order valence-electron chi connectivity index (χ0n) is 11.3. The van der Waals surface area contributed by atoms with Gasteiger partial charge in [-0.3, -0.25) is 0 Å². The van der Waals surface area contributed by atoms with Crippen LogP contribution in [-0.4, -0.2) is 23.3 Å². The summed E-state index contributed by atoms with van der Waals surface area (Å²) < 4.78 is 10.3. The van der Waals surface area contributed by atoms with Gasteiger partial charge < -0.3 is 9.47 Å². The lowest BCUT2D eigenvalue weighted by molar-refractivity contribution is 0.0596. The molecule has 0 aliphatic carbocycles. The Balaban J connectivity index is 2.40. The monoisotopic (exact) mass is 292 g/mol. The lowest BCUT2D eigenvalue weighted by atomic mass is 10.1. The normalized spacial score (nSPS) is 10.2. The average Bonchev–Trinajstić information content (AvgIpc) is 2.38. The molecular formula is C14H13ClN2O3. The summed E-state index contributed by atoms with van der Waals surface area (Å²) in [5.41, 5.74) is 2.22. The number of benzene rings is 1. The number of hydrogen-bond acceptors (Lipinski definition) is 5. The Morgan fingerprint density at radius 3 is 2.35 bits per heavy atom. The molecule has 0 atom stereocenters. The van der Waals surface area contributed by atoms with Crippen molar-refractivity contribution < 1.29 is 14.3 Å². The van der Waals surface area contributed by atoms with E-state index in [1.807, 2.05) is 32.0 Å². The van der Waals surface area contributed by atoms with E-state index in [1.54, 1.807) is 0 Å². The highest BCUT2D eigenvalue weighted by Gasteiger charge is 2.17. The van der Waals surface area contributed by atoms with Gasteiger partial charge in [-0.2, -0.15) is 0 Å². The Kier molecular flexibility index (Phi) is 4.20. The Bertz CT molecular complexity index is 639. The molecule has 0 amide bonds. The number of rotatable bonds is 3. The van der Waals surface area contributed by atoms with Crippen molar-refractivity contribution in [3.63, 3.8) is 0 Å². The summed E-state index contributed by atoms with van der Waals surface area (Å²) in [6.07, 6.45) is 0. The molecule has 0 bridgehead atoms. The molecule has 6 heteroatoms. The first-order chi connectivity index (χ1) is 9.49. The molecule has 2 aromatic rings. The Hall–Kier alpha value is -2.14. The lowest BCUT2D eigenvalue weighted by Crippen LogP contribution is -2.06. The van der Waals surface area contributed by atoms with Crippen LogP contribution >= 0.6 is 11.6 Å². The number of carbonyl (C=O) groups excluding carboxylic acids is 1. The van der Waals surface area contributed by atoms with Crippen molar-refractivity contribution in [2.45, 2.75) is 13.8 Å². The molecule has 1 aromatic carbocycles. The minimum absolute atomic E-state index is 0.0613. The van der Waals surface area contributed by atoms with Crippen molar-refractivity contribution in [1.29, 1.82) is 0 Å². The molecule has 104 valence electrons. The molecule has 1 heterocycles. The van der Waals surface area contributed by atoms with Gasteiger partial charge in [0, 0.05) is 0 Å². The van der Waals surface area contributed by atoms with Crippen LogP contribution < -0.4 is 4.74 Å². The van der Waals surface area contributed by atoms with Gasteiger partial charge in [0.1, 0.15) is 11.3 Å². The molecule has 1 aromatic heterocycles. The number of nitrogens with zero attached hydrogens (tertiary/aromatic N) is 2. The third kappa shape index (κ3) is 3.24. The molecular weight excluding hydrogens is 280 g/mol. The van der Waals surface area contributed by atoms with E-state index in [9.17, 15) is 4.79 Å². The van der Waals surface area contributed by atoms with Crippen LogP contribution in [0.4, 0.5) is 0 Å². The van der Waals surface area contributed by atoms with Crippen LogP contribution in [0.1, 0.15) is 21.5 Å². The molecule has 0 saturated carbocycles. The molecule has 20 heavy (non-hydrogen) atoms. The summed E-state index contributed by atoms with van der Waals surface area (Å²) in [5.74, 6) is 0.0525. The number of esters is 1. The smallest absolute Gasteiger partial charge is 0.343 e. The number of carbonyl (C=O) groups is 1. The minimum atomic E-state index is -0.582.